The average molecular weight is 544 g/mol. The minimum Gasteiger partial charge on any atom is -0.345 e. The van der Waals surface area contributed by atoms with Crippen LogP contribution < -0.4 is 27.4 Å². The van der Waals surface area contributed by atoms with Crippen LogP contribution in [0.5, 0.6) is 0 Å². The van der Waals surface area contributed by atoms with Crippen LogP contribution in [-0.4, -0.2) is 97.4 Å². The average Bonchev–Trinajstić information content (AvgIpc) is 3.50. The van der Waals surface area contributed by atoms with Crippen molar-refractivity contribution in [1.29, 1.82) is 0 Å². The summed E-state index contributed by atoms with van der Waals surface area (Å²) in [6, 6.07) is 8.25. The van der Waals surface area contributed by atoms with Crippen molar-refractivity contribution < 1.29 is 19.2 Å². The summed E-state index contributed by atoms with van der Waals surface area (Å²) in [5.74, 6) is -1.49. The quantitative estimate of drug-likeness (QED) is 0.197. The van der Waals surface area contributed by atoms with Crippen LogP contribution in [0.4, 0.5) is 0 Å². The molecule has 0 radical (unpaired) electrons. The molecule has 2 aliphatic heterocycles. The summed E-state index contributed by atoms with van der Waals surface area (Å²) in [6.07, 6.45) is 6.61. The first kappa shape index (κ1) is 30.5. The molecular weight excluding hydrogens is 498 g/mol. The number of benzene rings is 1. The highest BCUT2D eigenvalue weighted by Crippen LogP contribution is 2.22. The van der Waals surface area contributed by atoms with E-state index in [4.69, 9.17) is 11.5 Å². The van der Waals surface area contributed by atoms with Gasteiger partial charge in [-0.15, -0.1) is 0 Å². The molecule has 2 fully saturated rings. The van der Waals surface area contributed by atoms with E-state index in [9.17, 15) is 19.2 Å². The third-order valence-electron chi connectivity index (χ3n) is 7.56. The first-order valence-electron chi connectivity index (χ1n) is 14.2. The molecule has 2 aliphatic rings. The maximum atomic E-state index is 13.4. The lowest BCUT2D eigenvalue weighted by Gasteiger charge is -2.38. The molecule has 2 atom stereocenters. The smallest absolute Gasteiger partial charge is 0.245 e. The van der Waals surface area contributed by atoms with Crippen LogP contribution in [0.25, 0.3) is 0 Å². The van der Waals surface area contributed by atoms with E-state index in [0.717, 1.165) is 37.9 Å². The number of nitrogens with two attached hydrogens (primary N) is 2. The van der Waals surface area contributed by atoms with Crippen molar-refractivity contribution in [1.82, 2.24) is 25.8 Å². The lowest BCUT2D eigenvalue weighted by Crippen LogP contribution is -2.55. The summed E-state index contributed by atoms with van der Waals surface area (Å²) < 4.78 is 0. The Morgan fingerprint density at radius 2 is 1.54 bits per heavy atom. The third-order valence-corrected chi connectivity index (χ3v) is 7.56. The van der Waals surface area contributed by atoms with Gasteiger partial charge in [0.1, 0.15) is 12.1 Å². The van der Waals surface area contributed by atoms with Gasteiger partial charge in [0.05, 0.1) is 13.1 Å². The number of carbonyl (C=O) groups excluding carboxylic acids is 4. The predicted octanol–water partition coefficient (Wildman–Crippen LogP) is -0.511. The van der Waals surface area contributed by atoms with E-state index in [1.54, 1.807) is 0 Å². The molecule has 1 aromatic rings. The normalized spacial score (nSPS) is 17.8. The second-order valence-electron chi connectivity index (χ2n) is 10.4. The molecule has 4 amide bonds. The van der Waals surface area contributed by atoms with E-state index >= 15 is 0 Å². The fourth-order valence-corrected chi connectivity index (χ4v) is 5.38. The number of nitrogens with one attached hydrogen (secondary N) is 3. The van der Waals surface area contributed by atoms with Crippen molar-refractivity contribution in [2.45, 2.75) is 69.5 Å². The molecule has 0 bridgehead atoms. The molecule has 0 unspecified atom stereocenters. The molecule has 2 heterocycles. The highest BCUT2D eigenvalue weighted by atomic mass is 16.2. The monoisotopic (exact) mass is 543 g/mol. The molecule has 0 saturated carbocycles. The van der Waals surface area contributed by atoms with E-state index < -0.39 is 29.8 Å². The Morgan fingerprint density at radius 3 is 2.18 bits per heavy atom. The SMILES string of the molecule is NCCCC[C@@H](NC(=O)CNC(=O)[C@@H](Cc1ccccc1)NC(=O)CN)C(=O)N1CCC(N2CCCC2)CC1. The van der Waals surface area contributed by atoms with Crippen molar-refractivity contribution in [3.05, 3.63) is 35.9 Å². The van der Waals surface area contributed by atoms with Gasteiger partial charge >= 0.3 is 0 Å². The number of hydrogen-bond acceptors (Lipinski definition) is 7. The summed E-state index contributed by atoms with van der Waals surface area (Å²) in [4.78, 5) is 55.4. The van der Waals surface area contributed by atoms with Gasteiger partial charge in [-0.2, -0.15) is 0 Å². The van der Waals surface area contributed by atoms with Gasteiger partial charge in [0.25, 0.3) is 0 Å². The van der Waals surface area contributed by atoms with Crippen LogP contribution in [0.2, 0.25) is 0 Å². The second kappa shape index (κ2) is 16.2. The van der Waals surface area contributed by atoms with E-state index in [1.165, 1.54) is 12.8 Å². The lowest BCUT2D eigenvalue weighted by molar-refractivity contribution is -0.138. The van der Waals surface area contributed by atoms with Crippen LogP contribution in [0.3, 0.4) is 0 Å². The molecule has 11 heteroatoms. The molecule has 0 spiro atoms. The number of rotatable bonds is 14. The third kappa shape index (κ3) is 9.90. The molecule has 0 aromatic heterocycles. The van der Waals surface area contributed by atoms with Crippen LogP contribution >= 0.6 is 0 Å². The fraction of sp³-hybridized carbons (Fsp3) is 0.643. The van der Waals surface area contributed by atoms with Crippen LogP contribution in [0, 0.1) is 0 Å². The first-order valence-corrected chi connectivity index (χ1v) is 14.2. The van der Waals surface area contributed by atoms with Gasteiger partial charge in [-0.25, -0.2) is 0 Å². The lowest BCUT2D eigenvalue weighted by atomic mass is 10.0. The Hall–Kier alpha value is -3.02. The van der Waals surface area contributed by atoms with E-state index in [-0.39, 0.29) is 25.4 Å². The molecule has 0 aliphatic carbocycles. The van der Waals surface area contributed by atoms with Crippen LogP contribution in [-0.2, 0) is 25.6 Å². The largest absolute Gasteiger partial charge is 0.345 e. The summed E-state index contributed by atoms with van der Waals surface area (Å²) in [7, 11) is 0. The summed E-state index contributed by atoms with van der Waals surface area (Å²) in [5.41, 5.74) is 11.9. The number of nitrogens with zero attached hydrogens (tertiary/aromatic N) is 2. The fourth-order valence-electron chi connectivity index (χ4n) is 5.38. The zero-order valence-electron chi connectivity index (χ0n) is 22.9. The van der Waals surface area contributed by atoms with Gasteiger partial charge in [0.2, 0.25) is 23.6 Å². The van der Waals surface area contributed by atoms with E-state index in [1.807, 2.05) is 35.2 Å². The van der Waals surface area contributed by atoms with Crippen molar-refractivity contribution in [3.63, 3.8) is 0 Å². The molecule has 2 saturated heterocycles. The van der Waals surface area contributed by atoms with Crippen molar-refractivity contribution in [2.75, 3.05) is 45.8 Å². The number of amides is 4. The van der Waals surface area contributed by atoms with Crippen molar-refractivity contribution >= 4 is 23.6 Å². The van der Waals surface area contributed by atoms with Crippen molar-refractivity contribution in [2.24, 2.45) is 11.5 Å². The van der Waals surface area contributed by atoms with Crippen molar-refractivity contribution in [3.8, 4) is 0 Å². The minimum absolute atomic E-state index is 0.0799. The summed E-state index contributed by atoms with van der Waals surface area (Å²) in [5, 5.41) is 8.05. The molecular formula is C28H45N7O4. The number of carbonyl (C=O) groups is 4. The minimum atomic E-state index is -0.880. The Kier molecular flexibility index (Phi) is 12.7. The van der Waals surface area contributed by atoms with E-state index in [0.29, 0.717) is 38.5 Å². The Morgan fingerprint density at radius 1 is 0.872 bits per heavy atom. The number of piperidine rings is 1. The first-order chi connectivity index (χ1) is 18.9. The predicted molar refractivity (Wildman–Crippen MR) is 149 cm³/mol. The maximum Gasteiger partial charge on any atom is 0.245 e. The number of likely N-dealkylation sites (tertiary alicyclic amines) is 2. The standard InChI is InChI=1S/C28H45N7O4/c29-13-5-4-10-23(28(39)35-16-11-22(12-17-35)34-14-6-7-15-34)32-26(37)20-31-27(38)24(33-25(36)19-30)18-21-8-2-1-3-9-21/h1-3,8-9,22-24H,4-7,10-20,29-30H2,(H,31,38)(H,32,37)(H,33,36)/t23-,24-/m1/s1. The van der Waals surface area contributed by atoms with Crippen LogP contribution in [0.1, 0.15) is 50.5 Å². The molecule has 39 heavy (non-hydrogen) atoms. The molecule has 3 rings (SSSR count). The Balaban J connectivity index is 1.53. The van der Waals surface area contributed by atoms with Crippen LogP contribution in [0.15, 0.2) is 30.3 Å². The van der Waals surface area contributed by atoms with Gasteiger partial charge in [-0.1, -0.05) is 30.3 Å². The zero-order valence-corrected chi connectivity index (χ0v) is 22.9. The molecule has 1 aromatic carbocycles. The van der Waals surface area contributed by atoms with Gasteiger partial charge in [-0.05, 0) is 70.1 Å². The molecule has 11 nitrogen and oxygen atoms in total. The number of unbranched alkanes of at least 4 members (excludes halogenated alkanes) is 1. The molecule has 216 valence electrons. The van der Waals surface area contributed by atoms with Gasteiger partial charge in [-0.3, -0.25) is 19.2 Å². The van der Waals surface area contributed by atoms with E-state index in [2.05, 4.69) is 20.9 Å². The summed E-state index contributed by atoms with van der Waals surface area (Å²) in [6.45, 7) is 3.61. The van der Waals surface area contributed by atoms with Gasteiger partial charge < -0.3 is 37.2 Å². The summed E-state index contributed by atoms with van der Waals surface area (Å²) >= 11 is 0. The molecule has 7 N–H and O–H groups in total. The van der Waals surface area contributed by atoms with Gasteiger partial charge in [0, 0.05) is 25.6 Å². The second-order valence-corrected chi connectivity index (χ2v) is 10.4. The Bertz CT molecular complexity index is 931. The highest BCUT2D eigenvalue weighted by molar-refractivity contribution is 5.92. The zero-order chi connectivity index (χ0) is 28.0. The highest BCUT2D eigenvalue weighted by Gasteiger charge is 2.32. The topological polar surface area (TPSA) is 163 Å². The number of hydrogen-bond donors (Lipinski definition) is 5. The van der Waals surface area contributed by atoms with Gasteiger partial charge in [0.15, 0.2) is 0 Å². The maximum absolute atomic E-state index is 13.4. The Labute approximate surface area is 231 Å².